The number of hydrogen-bond acceptors (Lipinski definition) is 3. The van der Waals surface area contributed by atoms with Gasteiger partial charge in [-0.2, -0.15) is 0 Å². The van der Waals surface area contributed by atoms with Crippen LogP contribution < -0.4 is 0 Å². The van der Waals surface area contributed by atoms with Crippen LogP contribution in [-0.2, 0) is 9.53 Å². The topological polar surface area (TPSA) is 43.4 Å². The molecule has 0 amide bonds. The van der Waals surface area contributed by atoms with E-state index in [4.69, 9.17) is 4.74 Å². The summed E-state index contributed by atoms with van der Waals surface area (Å²) in [5.41, 5.74) is 1.86. The van der Waals surface area contributed by atoms with Crippen LogP contribution in [0.2, 0.25) is 0 Å². The lowest BCUT2D eigenvalue weighted by Crippen LogP contribution is -2.53. The van der Waals surface area contributed by atoms with Crippen LogP contribution in [0.1, 0.15) is 109 Å². The van der Waals surface area contributed by atoms with Crippen LogP contribution in [-0.4, -0.2) is 17.9 Å². The molecule has 0 aliphatic heterocycles. The van der Waals surface area contributed by atoms with Gasteiger partial charge in [0, 0.05) is 5.57 Å². The first-order valence-corrected chi connectivity index (χ1v) is 15.2. The zero-order valence-electron chi connectivity index (χ0n) is 23.8. The van der Waals surface area contributed by atoms with Crippen molar-refractivity contribution < 1.29 is 14.3 Å². The van der Waals surface area contributed by atoms with Crippen molar-refractivity contribution in [1.82, 2.24) is 0 Å². The third-order valence-electron chi connectivity index (χ3n) is 11.4. The summed E-state index contributed by atoms with van der Waals surface area (Å²) in [6.45, 7) is 12.2. The van der Waals surface area contributed by atoms with Gasteiger partial charge < -0.3 is 4.74 Å². The molecule has 0 radical (unpaired) electrons. The van der Waals surface area contributed by atoms with Crippen LogP contribution >= 0.6 is 0 Å². The molecule has 5 rings (SSSR count). The summed E-state index contributed by atoms with van der Waals surface area (Å²) in [6, 6.07) is 9.05. The monoisotopic (exact) mass is 504 g/mol. The highest BCUT2D eigenvalue weighted by Gasteiger charge is 2.60. The van der Waals surface area contributed by atoms with Gasteiger partial charge in [-0.15, -0.1) is 0 Å². The number of hydrogen-bond donors (Lipinski definition) is 0. The number of allylic oxidation sites excluding steroid dienone is 1. The molecule has 0 bridgehead atoms. The zero-order chi connectivity index (χ0) is 26.4. The second-order valence-corrected chi connectivity index (χ2v) is 13.8. The van der Waals surface area contributed by atoms with Gasteiger partial charge in [-0.25, -0.2) is 4.79 Å². The second kappa shape index (κ2) is 10.3. The maximum Gasteiger partial charge on any atom is 0.338 e. The summed E-state index contributed by atoms with van der Waals surface area (Å²) in [5.74, 6) is 4.19. The van der Waals surface area contributed by atoms with Gasteiger partial charge in [-0.1, -0.05) is 78.2 Å². The lowest BCUT2D eigenvalue weighted by molar-refractivity contribution is -0.132. The molecular formula is C34H48O3. The van der Waals surface area contributed by atoms with Gasteiger partial charge in [0.15, 0.2) is 11.9 Å². The Kier molecular flexibility index (Phi) is 7.46. The number of rotatable bonds is 7. The molecule has 8 atom stereocenters. The van der Waals surface area contributed by atoms with E-state index in [2.05, 4.69) is 40.7 Å². The molecule has 0 N–H and O–H groups in total. The predicted molar refractivity (Wildman–Crippen MR) is 149 cm³/mol. The molecule has 3 fully saturated rings. The SMILES string of the molecule is CC(C)CCC[C@@H](C)[C@H]1CC[C@H]2[C@@H]3CC=C4C(=O)[C@@H](OC(=O)c5ccccc5)CC[C@]4(C)[C@H]3CC[C@]12C. The van der Waals surface area contributed by atoms with Crippen LogP contribution in [0.25, 0.3) is 0 Å². The fourth-order valence-electron chi connectivity index (χ4n) is 9.44. The fraction of sp³-hybridized carbons (Fsp3) is 0.706. The molecule has 0 saturated heterocycles. The van der Waals surface area contributed by atoms with E-state index in [-0.39, 0.29) is 17.2 Å². The van der Waals surface area contributed by atoms with Gasteiger partial charge in [-0.3, -0.25) is 4.79 Å². The van der Waals surface area contributed by atoms with Gasteiger partial charge in [0.05, 0.1) is 5.56 Å². The molecule has 4 aliphatic carbocycles. The standard InChI is InChI=1S/C34H48O3/c1-22(2)10-9-11-23(3)26-16-17-27-25-14-15-29-31(35)30(37-32(36)24-12-7-6-8-13-24)19-21-34(29,5)28(25)18-20-33(26,27)4/h6-8,12-13,15,22-23,25-28,30H,9-11,14,16-21H2,1-5H3/t23-,25+,26-,27+,28+,30+,33-,34-/m1/s1. The number of esters is 1. The molecule has 4 aliphatic rings. The molecule has 3 nitrogen and oxygen atoms in total. The second-order valence-electron chi connectivity index (χ2n) is 13.8. The summed E-state index contributed by atoms with van der Waals surface area (Å²) in [6.07, 6.45) is 13.6. The Bertz CT molecular complexity index is 1020. The number of ether oxygens (including phenoxy) is 1. The van der Waals surface area contributed by atoms with Crippen molar-refractivity contribution in [3.63, 3.8) is 0 Å². The van der Waals surface area contributed by atoms with E-state index in [0.717, 1.165) is 42.1 Å². The summed E-state index contributed by atoms with van der Waals surface area (Å²) in [5, 5.41) is 0. The molecule has 37 heavy (non-hydrogen) atoms. The maximum absolute atomic E-state index is 13.6. The molecule has 0 spiro atoms. The van der Waals surface area contributed by atoms with Crippen LogP contribution in [0.3, 0.4) is 0 Å². The Balaban J connectivity index is 1.29. The first-order chi connectivity index (χ1) is 17.6. The number of Topliss-reactive ketones (excluding diaryl/α,β-unsaturated/α-hetero) is 1. The average Bonchev–Trinajstić information content (AvgIpc) is 3.23. The zero-order valence-corrected chi connectivity index (χ0v) is 23.8. The third kappa shape index (κ3) is 4.74. The highest BCUT2D eigenvalue weighted by atomic mass is 16.5. The van der Waals surface area contributed by atoms with E-state index in [1.54, 1.807) is 12.1 Å². The first-order valence-electron chi connectivity index (χ1n) is 15.2. The molecule has 1 aromatic carbocycles. The predicted octanol–water partition coefficient (Wildman–Crippen LogP) is 8.43. The molecule has 202 valence electrons. The minimum atomic E-state index is -0.639. The van der Waals surface area contributed by atoms with Crippen LogP contribution in [0.4, 0.5) is 0 Å². The number of carbonyl (C=O) groups is 2. The van der Waals surface area contributed by atoms with E-state index in [1.165, 1.54) is 44.9 Å². The van der Waals surface area contributed by atoms with Crippen molar-refractivity contribution >= 4 is 11.8 Å². The summed E-state index contributed by atoms with van der Waals surface area (Å²) >= 11 is 0. The number of carbonyl (C=O) groups excluding carboxylic acids is 2. The molecule has 1 aromatic rings. The van der Waals surface area contributed by atoms with Crippen molar-refractivity contribution in [2.24, 2.45) is 46.3 Å². The third-order valence-corrected chi connectivity index (χ3v) is 11.4. The van der Waals surface area contributed by atoms with Crippen LogP contribution in [0.5, 0.6) is 0 Å². The molecule has 3 saturated carbocycles. The number of benzene rings is 1. The minimum Gasteiger partial charge on any atom is -0.450 e. The lowest BCUT2D eigenvalue weighted by atomic mass is 9.46. The molecule has 0 aromatic heterocycles. The van der Waals surface area contributed by atoms with Gasteiger partial charge >= 0.3 is 5.97 Å². The number of ketones is 1. The van der Waals surface area contributed by atoms with Crippen molar-refractivity contribution in [3.8, 4) is 0 Å². The Morgan fingerprint density at radius 1 is 0.973 bits per heavy atom. The Morgan fingerprint density at radius 2 is 1.73 bits per heavy atom. The molecule has 0 unspecified atom stereocenters. The first kappa shape index (κ1) is 26.7. The van der Waals surface area contributed by atoms with E-state index < -0.39 is 6.10 Å². The Hall–Kier alpha value is -1.90. The van der Waals surface area contributed by atoms with Crippen molar-refractivity contribution in [2.75, 3.05) is 0 Å². The van der Waals surface area contributed by atoms with E-state index >= 15 is 0 Å². The lowest BCUT2D eigenvalue weighted by Gasteiger charge is -2.58. The van der Waals surface area contributed by atoms with E-state index in [1.807, 2.05) is 18.2 Å². The van der Waals surface area contributed by atoms with Crippen molar-refractivity contribution in [2.45, 2.75) is 105 Å². The van der Waals surface area contributed by atoms with Gasteiger partial charge in [0.1, 0.15) is 0 Å². The molecule has 0 heterocycles. The Morgan fingerprint density at radius 3 is 2.46 bits per heavy atom. The van der Waals surface area contributed by atoms with Gasteiger partial charge in [0.25, 0.3) is 0 Å². The summed E-state index contributed by atoms with van der Waals surface area (Å²) in [7, 11) is 0. The van der Waals surface area contributed by atoms with Crippen molar-refractivity contribution in [3.05, 3.63) is 47.5 Å². The summed E-state index contributed by atoms with van der Waals surface area (Å²) in [4.78, 5) is 26.3. The highest BCUT2D eigenvalue weighted by Crippen LogP contribution is 2.67. The smallest absolute Gasteiger partial charge is 0.338 e. The van der Waals surface area contributed by atoms with Gasteiger partial charge in [-0.05, 0) is 103 Å². The van der Waals surface area contributed by atoms with Crippen LogP contribution in [0.15, 0.2) is 42.0 Å². The Labute approximate surface area is 224 Å². The average molecular weight is 505 g/mol. The molecular weight excluding hydrogens is 456 g/mol. The fourth-order valence-corrected chi connectivity index (χ4v) is 9.44. The quantitative estimate of drug-likeness (QED) is 0.350. The largest absolute Gasteiger partial charge is 0.450 e. The minimum absolute atomic E-state index is 0.0629. The maximum atomic E-state index is 13.6. The normalized spacial score (nSPS) is 37.8. The molecule has 3 heteroatoms. The van der Waals surface area contributed by atoms with E-state index in [9.17, 15) is 9.59 Å². The number of fused-ring (bicyclic) bond motifs is 5. The van der Waals surface area contributed by atoms with Crippen LogP contribution in [0, 0.1) is 46.3 Å². The van der Waals surface area contributed by atoms with E-state index in [0.29, 0.717) is 29.2 Å². The highest BCUT2D eigenvalue weighted by molar-refractivity contribution is 6.03. The summed E-state index contributed by atoms with van der Waals surface area (Å²) < 4.78 is 5.76. The van der Waals surface area contributed by atoms with Crippen molar-refractivity contribution in [1.29, 1.82) is 0 Å². The van der Waals surface area contributed by atoms with Gasteiger partial charge in [0.2, 0.25) is 0 Å².